The van der Waals surface area contributed by atoms with Gasteiger partial charge in [0.05, 0.1) is 6.61 Å². The molecule has 0 saturated carbocycles. The molecule has 104 valence electrons. The molecule has 0 aromatic heterocycles. The molecule has 0 atom stereocenters. The molecule has 0 spiro atoms. The van der Waals surface area contributed by atoms with Gasteiger partial charge in [-0.2, -0.15) is 0 Å². The first-order valence-corrected chi connectivity index (χ1v) is 6.29. The first kappa shape index (κ1) is 15.0. The van der Waals surface area contributed by atoms with Gasteiger partial charge in [-0.3, -0.25) is 9.59 Å². The molecule has 0 bridgehead atoms. The molecule has 19 heavy (non-hydrogen) atoms. The Labute approximate surface area is 112 Å². The molecule has 1 rings (SSSR count). The first-order valence-electron chi connectivity index (χ1n) is 6.29. The highest BCUT2D eigenvalue weighted by molar-refractivity contribution is 5.77. The summed E-state index contributed by atoms with van der Waals surface area (Å²) in [5, 5.41) is 0. The molecule has 0 aliphatic rings. The van der Waals surface area contributed by atoms with Crippen LogP contribution in [0.5, 0.6) is 17.2 Å². The molecule has 1 aromatic rings. The van der Waals surface area contributed by atoms with E-state index in [2.05, 4.69) is 0 Å². The van der Waals surface area contributed by atoms with Crippen LogP contribution in [0.25, 0.3) is 0 Å². The van der Waals surface area contributed by atoms with Crippen molar-refractivity contribution in [2.24, 2.45) is 0 Å². The van der Waals surface area contributed by atoms with Gasteiger partial charge in [-0.25, -0.2) is 0 Å². The van der Waals surface area contributed by atoms with E-state index in [1.807, 2.05) is 6.92 Å². The molecular weight excluding hydrogens is 248 g/mol. The Kier molecular flexibility index (Phi) is 5.85. The fourth-order valence-electron chi connectivity index (χ4n) is 1.33. The Morgan fingerprint density at radius 1 is 0.947 bits per heavy atom. The van der Waals surface area contributed by atoms with Crippen LogP contribution in [0, 0.1) is 0 Å². The number of esters is 2. The molecule has 0 N–H and O–H groups in total. The van der Waals surface area contributed by atoms with Gasteiger partial charge in [0.2, 0.25) is 5.75 Å². The second kappa shape index (κ2) is 7.41. The van der Waals surface area contributed by atoms with E-state index in [1.54, 1.807) is 32.0 Å². The molecule has 0 heterocycles. The summed E-state index contributed by atoms with van der Waals surface area (Å²) in [7, 11) is 0. The van der Waals surface area contributed by atoms with Crippen LogP contribution in [-0.4, -0.2) is 18.5 Å². The van der Waals surface area contributed by atoms with E-state index in [-0.39, 0.29) is 24.3 Å². The maximum atomic E-state index is 11.4. The number of carbonyl (C=O) groups excluding carboxylic acids is 2. The zero-order chi connectivity index (χ0) is 14.3. The van der Waals surface area contributed by atoms with E-state index < -0.39 is 11.9 Å². The summed E-state index contributed by atoms with van der Waals surface area (Å²) in [5.41, 5.74) is 0. The van der Waals surface area contributed by atoms with Crippen molar-refractivity contribution >= 4 is 11.9 Å². The molecule has 0 aliphatic heterocycles. The number of rotatable bonds is 6. The van der Waals surface area contributed by atoms with Crippen LogP contribution in [0.1, 0.15) is 33.6 Å². The summed E-state index contributed by atoms with van der Waals surface area (Å²) < 4.78 is 15.7. The van der Waals surface area contributed by atoms with E-state index >= 15 is 0 Å². The Morgan fingerprint density at radius 3 is 2.11 bits per heavy atom. The lowest BCUT2D eigenvalue weighted by atomic mass is 10.3. The highest BCUT2D eigenvalue weighted by Gasteiger charge is 2.17. The van der Waals surface area contributed by atoms with Gasteiger partial charge >= 0.3 is 11.9 Å². The predicted octanol–water partition coefficient (Wildman–Crippen LogP) is 2.72. The number of carbonyl (C=O) groups is 2. The van der Waals surface area contributed by atoms with Gasteiger partial charge in [0.15, 0.2) is 11.5 Å². The number of hydrogen-bond donors (Lipinski definition) is 0. The van der Waals surface area contributed by atoms with Crippen LogP contribution in [0.3, 0.4) is 0 Å². The number of ether oxygens (including phenoxy) is 3. The number of benzene rings is 1. The minimum atomic E-state index is -0.416. The van der Waals surface area contributed by atoms with Crippen molar-refractivity contribution in [1.82, 2.24) is 0 Å². The van der Waals surface area contributed by atoms with Crippen LogP contribution in [0.15, 0.2) is 18.2 Å². The van der Waals surface area contributed by atoms with E-state index in [9.17, 15) is 9.59 Å². The van der Waals surface area contributed by atoms with E-state index in [0.717, 1.165) is 0 Å². The largest absolute Gasteiger partial charge is 0.490 e. The highest BCUT2D eigenvalue weighted by Crippen LogP contribution is 2.37. The average Bonchev–Trinajstić information content (AvgIpc) is 2.42. The lowest BCUT2D eigenvalue weighted by molar-refractivity contribution is -0.136. The Balaban J connectivity index is 3.09. The van der Waals surface area contributed by atoms with Crippen molar-refractivity contribution in [3.05, 3.63) is 18.2 Å². The van der Waals surface area contributed by atoms with Crippen LogP contribution >= 0.6 is 0 Å². The van der Waals surface area contributed by atoms with Crippen molar-refractivity contribution in [2.45, 2.75) is 33.6 Å². The second-order valence-electron chi connectivity index (χ2n) is 3.67. The fourth-order valence-corrected chi connectivity index (χ4v) is 1.33. The van der Waals surface area contributed by atoms with Crippen molar-refractivity contribution in [1.29, 1.82) is 0 Å². The van der Waals surface area contributed by atoms with E-state index in [0.29, 0.717) is 12.4 Å². The van der Waals surface area contributed by atoms with Gasteiger partial charge in [0, 0.05) is 12.8 Å². The Morgan fingerprint density at radius 2 is 1.53 bits per heavy atom. The molecule has 5 nitrogen and oxygen atoms in total. The topological polar surface area (TPSA) is 61.8 Å². The van der Waals surface area contributed by atoms with E-state index in [4.69, 9.17) is 14.2 Å². The fraction of sp³-hybridized carbons (Fsp3) is 0.429. The molecule has 0 saturated heterocycles. The summed E-state index contributed by atoms with van der Waals surface area (Å²) in [6.07, 6.45) is 0.460. The molecular formula is C14H18O5. The minimum Gasteiger partial charge on any atom is -0.490 e. The van der Waals surface area contributed by atoms with Crippen LogP contribution in [-0.2, 0) is 9.59 Å². The highest BCUT2D eigenvalue weighted by atomic mass is 16.6. The maximum Gasteiger partial charge on any atom is 0.311 e. The number of hydrogen-bond acceptors (Lipinski definition) is 5. The van der Waals surface area contributed by atoms with Gasteiger partial charge < -0.3 is 14.2 Å². The zero-order valence-electron chi connectivity index (χ0n) is 11.4. The van der Waals surface area contributed by atoms with Gasteiger partial charge in [-0.05, 0) is 19.1 Å². The average molecular weight is 266 g/mol. The summed E-state index contributed by atoms with van der Waals surface area (Å²) in [6, 6.07) is 4.89. The van der Waals surface area contributed by atoms with Gasteiger partial charge in [0.25, 0.3) is 0 Å². The van der Waals surface area contributed by atoms with Crippen LogP contribution in [0.2, 0.25) is 0 Å². The van der Waals surface area contributed by atoms with Crippen molar-refractivity contribution in [3.8, 4) is 17.2 Å². The van der Waals surface area contributed by atoms with Crippen LogP contribution in [0.4, 0.5) is 0 Å². The lowest BCUT2D eigenvalue weighted by Crippen LogP contribution is -2.11. The van der Waals surface area contributed by atoms with E-state index in [1.165, 1.54) is 0 Å². The SMILES string of the molecule is CCOc1cccc(OC(=O)CC)c1OC(=O)CC. The monoisotopic (exact) mass is 266 g/mol. The third kappa shape index (κ3) is 4.28. The molecule has 0 amide bonds. The Hall–Kier alpha value is -2.04. The summed E-state index contributed by atoms with van der Waals surface area (Å²) in [6.45, 7) is 5.60. The third-order valence-electron chi connectivity index (χ3n) is 2.26. The summed E-state index contributed by atoms with van der Waals surface area (Å²) in [5.74, 6) is -0.0910. The molecule has 1 aromatic carbocycles. The van der Waals surface area contributed by atoms with Gasteiger partial charge in [-0.1, -0.05) is 19.9 Å². The summed E-state index contributed by atoms with van der Waals surface area (Å²) in [4.78, 5) is 22.8. The molecule has 5 heteroatoms. The molecule has 0 unspecified atom stereocenters. The van der Waals surface area contributed by atoms with Crippen molar-refractivity contribution in [2.75, 3.05) is 6.61 Å². The second-order valence-corrected chi connectivity index (χ2v) is 3.67. The third-order valence-corrected chi connectivity index (χ3v) is 2.26. The summed E-state index contributed by atoms with van der Waals surface area (Å²) >= 11 is 0. The van der Waals surface area contributed by atoms with Crippen molar-refractivity contribution in [3.63, 3.8) is 0 Å². The van der Waals surface area contributed by atoms with Gasteiger partial charge in [0.1, 0.15) is 0 Å². The number of para-hydroxylation sites is 1. The smallest absolute Gasteiger partial charge is 0.311 e. The molecule has 0 radical (unpaired) electrons. The maximum absolute atomic E-state index is 11.4. The first-order chi connectivity index (χ1) is 9.12. The molecule has 0 fully saturated rings. The normalized spacial score (nSPS) is 9.84. The molecule has 0 aliphatic carbocycles. The lowest BCUT2D eigenvalue weighted by Gasteiger charge is -2.13. The van der Waals surface area contributed by atoms with Crippen LogP contribution < -0.4 is 14.2 Å². The minimum absolute atomic E-state index is 0.151. The van der Waals surface area contributed by atoms with Crippen molar-refractivity contribution < 1.29 is 23.8 Å². The Bertz CT molecular complexity index is 453. The zero-order valence-corrected chi connectivity index (χ0v) is 11.4. The quantitative estimate of drug-likeness (QED) is 0.585. The van der Waals surface area contributed by atoms with Gasteiger partial charge in [-0.15, -0.1) is 0 Å². The predicted molar refractivity (Wildman–Crippen MR) is 69.5 cm³/mol. The standard InChI is InChI=1S/C14H18O5/c1-4-12(15)18-11-9-7-8-10(17-6-3)14(11)19-13(16)5-2/h7-9H,4-6H2,1-3H3.